The van der Waals surface area contributed by atoms with Crippen molar-refractivity contribution in [1.82, 2.24) is 15.5 Å². The van der Waals surface area contributed by atoms with E-state index in [1.54, 1.807) is 7.11 Å². The number of nitrogens with zero attached hydrogens (tertiary/aromatic N) is 2. The number of rotatable bonds is 10. The lowest BCUT2D eigenvalue weighted by molar-refractivity contribution is 0.111. The lowest BCUT2D eigenvalue weighted by Gasteiger charge is -2.30. The van der Waals surface area contributed by atoms with E-state index in [0.29, 0.717) is 37.1 Å². The number of guanidine groups is 1. The normalized spacial score (nSPS) is 16.1. The van der Waals surface area contributed by atoms with E-state index >= 15 is 0 Å². The monoisotopic (exact) mass is 440 g/mol. The maximum atomic E-state index is 10.6. The predicted molar refractivity (Wildman–Crippen MR) is 128 cm³/mol. The van der Waals surface area contributed by atoms with Gasteiger partial charge in [-0.05, 0) is 43.5 Å². The molecule has 32 heavy (non-hydrogen) atoms. The van der Waals surface area contributed by atoms with Crippen molar-refractivity contribution in [2.45, 2.75) is 39.0 Å². The SMILES string of the molecule is CCNC(=NCC(O)CN1CCc2ccccc2C1)NCC(C)Oc1ccccc1OC. The Morgan fingerprint density at radius 3 is 2.56 bits per heavy atom. The maximum absolute atomic E-state index is 10.6. The first-order valence-corrected chi connectivity index (χ1v) is 11.4. The van der Waals surface area contributed by atoms with E-state index in [1.807, 2.05) is 38.1 Å². The van der Waals surface area contributed by atoms with Crippen LogP contribution in [0, 0.1) is 0 Å². The van der Waals surface area contributed by atoms with Crippen molar-refractivity contribution in [1.29, 1.82) is 0 Å². The van der Waals surface area contributed by atoms with Gasteiger partial charge in [-0.2, -0.15) is 0 Å². The minimum absolute atomic E-state index is 0.0894. The van der Waals surface area contributed by atoms with Crippen LogP contribution in [0.4, 0.5) is 0 Å². The zero-order chi connectivity index (χ0) is 22.8. The van der Waals surface area contributed by atoms with Gasteiger partial charge >= 0.3 is 0 Å². The lowest BCUT2D eigenvalue weighted by Crippen LogP contribution is -2.43. The van der Waals surface area contributed by atoms with Gasteiger partial charge in [0, 0.05) is 26.2 Å². The second-order valence-corrected chi connectivity index (χ2v) is 8.09. The second-order valence-electron chi connectivity index (χ2n) is 8.09. The number of aliphatic hydroxyl groups is 1. The van der Waals surface area contributed by atoms with Gasteiger partial charge in [0.05, 0.1) is 26.3 Å². The first-order chi connectivity index (χ1) is 15.6. The number of methoxy groups -OCH3 is 1. The summed E-state index contributed by atoms with van der Waals surface area (Å²) < 4.78 is 11.3. The van der Waals surface area contributed by atoms with Crippen LogP contribution in [0.25, 0.3) is 0 Å². The Morgan fingerprint density at radius 2 is 1.81 bits per heavy atom. The molecule has 0 radical (unpaired) electrons. The molecule has 1 heterocycles. The van der Waals surface area contributed by atoms with E-state index in [-0.39, 0.29) is 6.10 Å². The molecule has 1 aliphatic heterocycles. The molecule has 3 rings (SSSR count). The van der Waals surface area contributed by atoms with Gasteiger partial charge in [-0.1, -0.05) is 36.4 Å². The van der Waals surface area contributed by atoms with Gasteiger partial charge in [0.2, 0.25) is 0 Å². The fourth-order valence-electron chi connectivity index (χ4n) is 3.82. The average Bonchev–Trinajstić information content (AvgIpc) is 2.81. The molecule has 0 saturated carbocycles. The molecule has 0 bridgehead atoms. The van der Waals surface area contributed by atoms with E-state index in [0.717, 1.165) is 26.1 Å². The Morgan fingerprint density at radius 1 is 1.09 bits per heavy atom. The molecule has 2 unspecified atom stereocenters. The highest BCUT2D eigenvalue weighted by atomic mass is 16.5. The molecule has 3 N–H and O–H groups in total. The van der Waals surface area contributed by atoms with Crippen molar-refractivity contribution >= 4 is 5.96 Å². The molecule has 7 heteroatoms. The fraction of sp³-hybridized carbons (Fsp3) is 0.480. The Hall–Kier alpha value is -2.77. The van der Waals surface area contributed by atoms with E-state index < -0.39 is 6.10 Å². The topological polar surface area (TPSA) is 78.4 Å². The van der Waals surface area contributed by atoms with Gasteiger partial charge in [-0.15, -0.1) is 0 Å². The molecule has 174 valence electrons. The summed E-state index contributed by atoms with van der Waals surface area (Å²) in [7, 11) is 1.63. The van der Waals surface area contributed by atoms with E-state index in [2.05, 4.69) is 44.8 Å². The summed E-state index contributed by atoms with van der Waals surface area (Å²) in [5.41, 5.74) is 2.77. The molecule has 0 aromatic heterocycles. The van der Waals surface area contributed by atoms with Crippen LogP contribution in [0.3, 0.4) is 0 Å². The standard InChI is InChI=1S/C25H36N4O3/c1-4-26-25(27-15-19(2)32-24-12-8-7-11-23(24)31-3)28-16-22(30)18-29-14-13-20-9-5-6-10-21(20)17-29/h5-12,19,22,30H,4,13-18H2,1-3H3,(H2,26,27,28). The van der Waals surface area contributed by atoms with Crippen molar-refractivity contribution in [3.63, 3.8) is 0 Å². The zero-order valence-corrected chi connectivity index (χ0v) is 19.4. The maximum Gasteiger partial charge on any atom is 0.191 e. The zero-order valence-electron chi connectivity index (χ0n) is 19.4. The number of hydrogen-bond acceptors (Lipinski definition) is 5. The highest BCUT2D eigenvalue weighted by molar-refractivity contribution is 5.79. The number of hydrogen-bond donors (Lipinski definition) is 3. The summed E-state index contributed by atoms with van der Waals surface area (Å²) in [4.78, 5) is 6.87. The number of para-hydroxylation sites is 2. The van der Waals surface area contributed by atoms with E-state index in [9.17, 15) is 5.11 Å². The average molecular weight is 441 g/mol. The smallest absolute Gasteiger partial charge is 0.191 e. The number of aliphatic hydroxyl groups excluding tert-OH is 1. The number of benzene rings is 2. The van der Waals surface area contributed by atoms with Crippen molar-refractivity contribution in [2.24, 2.45) is 4.99 Å². The molecule has 0 fully saturated rings. The second kappa shape index (κ2) is 12.3. The summed E-state index contributed by atoms with van der Waals surface area (Å²) in [5.74, 6) is 2.10. The first-order valence-electron chi connectivity index (χ1n) is 11.4. The van der Waals surface area contributed by atoms with Gasteiger partial charge in [-0.3, -0.25) is 9.89 Å². The minimum Gasteiger partial charge on any atom is -0.493 e. The van der Waals surface area contributed by atoms with Crippen molar-refractivity contribution in [2.75, 3.05) is 39.8 Å². The van der Waals surface area contributed by atoms with Crippen LogP contribution >= 0.6 is 0 Å². The van der Waals surface area contributed by atoms with Crippen LogP contribution in [0.15, 0.2) is 53.5 Å². The third-order valence-corrected chi connectivity index (χ3v) is 5.44. The van der Waals surface area contributed by atoms with Crippen LogP contribution in [0.2, 0.25) is 0 Å². The Kier molecular flexibility index (Phi) is 9.19. The van der Waals surface area contributed by atoms with Crippen molar-refractivity contribution in [3.8, 4) is 11.5 Å². The lowest BCUT2D eigenvalue weighted by atomic mass is 10.00. The minimum atomic E-state index is -0.516. The molecule has 2 aromatic rings. The quantitative estimate of drug-likeness (QED) is 0.389. The molecule has 0 spiro atoms. The van der Waals surface area contributed by atoms with Crippen LogP contribution in [-0.4, -0.2) is 68.0 Å². The third-order valence-electron chi connectivity index (χ3n) is 5.44. The molecule has 7 nitrogen and oxygen atoms in total. The van der Waals surface area contributed by atoms with Crippen LogP contribution in [0.1, 0.15) is 25.0 Å². The number of fused-ring (bicyclic) bond motifs is 1. The molecule has 2 atom stereocenters. The molecule has 1 aliphatic rings. The van der Waals surface area contributed by atoms with E-state index in [4.69, 9.17) is 9.47 Å². The Labute approximate surface area is 191 Å². The highest BCUT2D eigenvalue weighted by Crippen LogP contribution is 2.26. The van der Waals surface area contributed by atoms with Crippen LogP contribution in [0.5, 0.6) is 11.5 Å². The number of nitrogens with one attached hydrogen (secondary N) is 2. The first kappa shape index (κ1) is 23.9. The van der Waals surface area contributed by atoms with Gasteiger partial charge in [0.15, 0.2) is 17.5 Å². The van der Waals surface area contributed by atoms with Gasteiger partial charge in [-0.25, -0.2) is 0 Å². The Bertz CT molecular complexity index is 874. The summed E-state index contributed by atoms with van der Waals surface area (Å²) in [6.07, 6.45) is 0.423. The summed E-state index contributed by atoms with van der Waals surface area (Å²) in [5, 5.41) is 17.1. The summed E-state index contributed by atoms with van der Waals surface area (Å²) >= 11 is 0. The van der Waals surface area contributed by atoms with Gasteiger partial charge in [0.1, 0.15) is 6.10 Å². The van der Waals surface area contributed by atoms with Crippen LogP contribution in [-0.2, 0) is 13.0 Å². The van der Waals surface area contributed by atoms with Gasteiger partial charge in [0.25, 0.3) is 0 Å². The molecule has 0 aliphatic carbocycles. The van der Waals surface area contributed by atoms with Crippen molar-refractivity contribution < 1.29 is 14.6 Å². The molecule has 2 aromatic carbocycles. The molecule has 0 saturated heterocycles. The number of β-amino-alcohol motifs (C(OH)–C–C–N with tert-alkyl or cyclic N) is 1. The molecular weight excluding hydrogens is 404 g/mol. The van der Waals surface area contributed by atoms with Crippen LogP contribution < -0.4 is 20.1 Å². The summed E-state index contributed by atoms with van der Waals surface area (Å²) in [6.45, 7) is 8.13. The predicted octanol–water partition coefficient (Wildman–Crippen LogP) is 2.44. The molecular formula is C25H36N4O3. The number of aliphatic imine (C=N–C) groups is 1. The summed E-state index contributed by atoms with van der Waals surface area (Å²) in [6, 6.07) is 16.1. The van der Waals surface area contributed by atoms with Crippen molar-refractivity contribution in [3.05, 3.63) is 59.7 Å². The third kappa shape index (κ3) is 7.14. The number of ether oxygens (including phenoxy) is 2. The Balaban J connectivity index is 1.46. The highest BCUT2D eigenvalue weighted by Gasteiger charge is 2.18. The molecule has 0 amide bonds. The fourth-order valence-corrected chi connectivity index (χ4v) is 3.82. The largest absolute Gasteiger partial charge is 0.493 e. The van der Waals surface area contributed by atoms with E-state index in [1.165, 1.54) is 11.1 Å². The van der Waals surface area contributed by atoms with Gasteiger partial charge < -0.3 is 25.2 Å².